The highest BCUT2D eigenvalue weighted by Crippen LogP contribution is 2.40. The summed E-state index contributed by atoms with van der Waals surface area (Å²) in [5, 5.41) is 10.3. The van der Waals surface area contributed by atoms with Gasteiger partial charge in [-0.05, 0) is 60.1 Å². The fourth-order valence-electron chi connectivity index (χ4n) is 6.56. The molecule has 4 aromatic rings. The number of carboxylic acid groups (broad SMARTS) is 1. The van der Waals surface area contributed by atoms with Gasteiger partial charge in [0, 0.05) is 24.6 Å². The van der Waals surface area contributed by atoms with Crippen molar-refractivity contribution in [2.24, 2.45) is 11.8 Å². The van der Waals surface area contributed by atoms with E-state index in [1.54, 1.807) is 0 Å². The van der Waals surface area contributed by atoms with E-state index < -0.39 is 5.97 Å². The average molecular weight is 522 g/mol. The molecule has 3 aromatic carbocycles. The Bertz CT molecular complexity index is 1520. The summed E-state index contributed by atoms with van der Waals surface area (Å²) in [6.07, 6.45) is 7.37. The number of hydrogen-bond acceptors (Lipinski definition) is 3. The van der Waals surface area contributed by atoms with Gasteiger partial charge in [-0.3, -0.25) is 4.79 Å². The standard InChI is InChI=1S/C33H35N3O3/c1-2-3-16-30-34-28-19-25(35-20-23-12-7-8-14-27(23)32(35)37)17-18-29(28)36(30)21-24-13-9-15-26(31(24)33(38)39)22-10-5-4-6-11-22/h4-6,9-11,13,15,17-19,23,27H,2-3,7-8,12,14,16,20-21H2,1H3,(H,38,39). The van der Waals surface area contributed by atoms with E-state index in [4.69, 9.17) is 4.98 Å². The largest absolute Gasteiger partial charge is 0.478 e. The highest BCUT2D eigenvalue weighted by atomic mass is 16.4. The van der Waals surface area contributed by atoms with Crippen LogP contribution in [0.25, 0.3) is 22.2 Å². The molecule has 2 heterocycles. The van der Waals surface area contributed by atoms with Gasteiger partial charge in [-0.2, -0.15) is 0 Å². The van der Waals surface area contributed by atoms with Crippen molar-refractivity contribution >= 4 is 28.6 Å². The summed E-state index contributed by atoms with van der Waals surface area (Å²) in [6.45, 7) is 3.38. The van der Waals surface area contributed by atoms with Crippen LogP contribution >= 0.6 is 0 Å². The van der Waals surface area contributed by atoms with E-state index in [1.807, 2.05) is 59.5 Å². The number of aromatic nitrogens is 2. The second-order valence-corrected chi connectivity index (χ2v) is 11.0. The number of nitrogens with zero attached hydrogens (tertiary/aromatic N) is 3. The molecule has 1 saturated heterocycles. The van der Waals surface area contributed by atoms with E-state index in [-0.39, 0.29) is 11.8 Å². The highest BCUT2D eigenvalue weighted by Gasteiger charge is 2.41. The molecular formula is C33H35N3O3. The van der Waals surface area contributed by atoms with Gasteiger partial charge in [0.2, 0.25) is 5.91 Å². The second kappa shape index (κ2) is 10.7. The van der Waals surface area contributed by atoms with Crippen molar-refractivity contribution in [2.45, 2.75) is 58.4 Å². The highest BCUT2D eigenvalue weighted by molar-refractivity contribution is 5.99. The number of carboxylic acids is 1. The van der Waals surface area contributed by atoms with Gasteiger partial charge in [0.05, 0.1) is 23.1 Å². The van der Waals surface area contributed by atoms with Crippen molar-refractivity contribution in [3.8, 4) is 11.1 Å². The summed E-state index contributed by atoms with van der Waals surface area (Å²) >= 11 is 0. The van der Waals surface area contributed by atoms with Crippen LogP contribution in [0.15, 0.2) is 66.7 Å². The van der Waals surface area contributed by atoms with Crippen molar-refractivity contribution in [3.63, 3.8) is 0 Å². The quantitative estimate of drug-likeness (QED) is 0.272. The van der Waals surface area contributed by atoms with Crippen molar-refractivity contribution < 1.29 is 14.7 Å². The Hall–Kier alpha value is -3.93. The molecule has 1 N–H and O–H groups in total. The molecule has 1 aliphatic heterocycles. The minimum Gasteiger partial charge on any atom is -0.478 e. The number of aryl methyl sites for hydroxylation is 1. The minimum atomic E-state index is -0.930. The van der Waals surface area contributed by atoms with Crippen LogP contribution in [0.5, 0.6) is 0 Å². The Balaban J connectivity index is 1.40. The first-order valence-electron chi connectivity index (χ1n) is 14.3. The number of rotatable bonds is 8. The molecule has 2 unspecified atom stereocenters. The van der Waals surface area contributed by atoms with Gasteiger partial charge in [-0.25, -0.2) is 9.78 Å². The Morgan fingerprint density at radius 3 is 2.62 bits per heavy atom. The number of unbranched alkanes of at least 4 members (excludes halogenated alkanes) is 1. The van der Waals surface area contributed by atoms with Gasteiger partial charge in [0.15, 0.2) is 0 Å². The van der Waals surface area contributed by atoms with Crippen molar-refractivity contribution in [1.29, 1.82) is 0 Å². The SMILES string of the molecule is CCCCc1nc2cc(N3CC4CCCCC4C3=O)ccc2n1Cc1cccc(-c2ccccc2)c1C(=O)O. The molecule has 1 aliphatic carbocycles. The zero-order valence-corrected chi connectivity index (χ0v) is 22.5. The second-order valence-electron chi connectivity index (χ2n) is 11.0. The Kier molecular flexibility index (Phi) is 6.94. The molecule has 2 fully saturated rings. The molecule has 6 heteroatoms. The topological polar surface area (TPSA) is 75.4 Å². The molecule has 0 bridgehead atoms. The molecule has 1 aromatic heterocycles. The molecule has 6 nitrogen and oxygen atoms in total. The molecule has 2 aliphatic rings. The number of imidazole rings is 1. The molecule has 0 radical (unpaired) electrons. The molecule has 1 saturated carbocycles. The molecular weight excluding hydrogens is 486 g/mol. The third-order valence-electron chi connectivity index (χ3n) is 8.56. The summed E-state index contributed by atoms with van der Waals surface area (Å²) in [6, 6.07) is 21.6. The lowest BCUT2D eigenvalue weighted by molar-refractivity contribution is -0.121. The van der Waals surface area contributed by atoms with Gasteiger partial charge in [-0.1, -0.05) is 74.7 Å². The summed E-state index contributed by atoms with van der Waals surface area (Å²) < 4.78 is 2.16. The molecule has 200 valence electrons. The predicted molar refractivity (Wildman–Crippen MR) is 154 cm³/mol. The number of hydrogen-bond donors (Lipinski definition) is 1. The number of anilines is 1. The van der Waals surface area contributed by atoms with Crippen LogP contribution in [0.3, 0.4) is 0 Å². The van der Waals surface area contributed by atoms with E-state index >= 15 is 0 Å². The molecule has 6 rings (SSSR count). The zero-order chi connectivity index (χ0) is 26.9. The molecule has 2 atom stereocenters. The summed E-state index contributed by atoms with van der Waals surface area (Å²) in [5.74, 6) is 0.907. The summed E-state index contributed by atoms with van der Waals surface area (Å²) in [5.41, 5.74) is 5.44. The van der Waals surface area contributed by atoms with Crippen LogP contribution in [0, 0.1) is 11.8 Å². The van der Waals surface area contributed by atoms with E-state index in [1.165, 1.54) is 6.42 Å². The number of carbonyl (C=O) groups is 2. The van der Waals surface area contributed by atoms with Gasteiger partial charge in [0.1, 0.15) is 5.82 Å². The van der Waals surface area contributed by atoms with Crippen LogP contribution in [-0.4, -0.2) is 33.1 Å². The first-order valence-corrected chi connectivity index (χ1v) is 14.3. The lowest BCUT2D eigenvalue weighted by atomic mass is 9.81. The van der Waals surface area contributed by atoms with Gasteiger partial charge < -0.3 is 14.6 Å². The molecule has 1 amide bonds. The Labute approximate surface area is 229 Å². The van der Waals surface area contributed by atoms with Crippen LogP contribution in [0.4, 0.5) is 5.69 Å². The monoisotopic (exact) mass is 521 g/mol. The van der Waals surface area contributed by atoms with Gasteiger partial charge >= 0.3 is 5.97 Å². The maximum absolute atomic E-state index is 13.2. The molecule has 39 heavy (non-hydrogen) atoms. The van der Waals surface area contributed by atoms with Gasteiger partial charge in [-0.15, -0.1) is 0 Å². The van der Waals surface area contributed by atoms with Crippen LogP contribution in [-0.2, 0) is 17.8 Å². The average Bonchev–Trinajstić information content (AvgIpc) is 3.48. The van der Waals surface area contributed by atoms with Crippen LogP contribution < -0.4 is 4.90 Å². The normalized spacial score (nSPS) is 19.0. The van der Waals surface area contributed by atoms with Gasteiger partial charge in [0.25, 0.3) is 0 Å². The fourth-order valence-corrected chi connectivity index (χ4v) is 6.56. The van der Waals surface area contributed by atoms with E-state index in [2.05, 4.69) is 23.6 Å². The molecule has 0 spiro atoms. The number of fused-ring (bicyclic) bond motifs is 2. The third-order valence-corrected chi connectivity index (χ3v) is 8.56. The van der Waals surface area contributed by atoms with Crippen LogP contribution in [0.1, 0.15) is 67.2 Å². The Morgan fingerprint density at radius 2 is 1.85 bits per heavy atom. The maximum Gasteiger partial charge on any atom is 0.336 e. The lowest BCUT2D eigenvalue weighted by Crippen LogP contribution is -2.27. The number of carbonyl (C=O) groups excluding carboxylic acids is 1. The van der Waals surface area contributed by atoms with Crippen molar-refractivity contribution in [3.05, 3.63) is 83.7 Å². The zero-order valence-electron chi connectivity index (χ0n) is 22.5. The number of aromatic carboxylic acids is 1. The van der Waals surface area contributed by atoms with E-state index in [0.29, 0.717) is 18.0 Å². The first kappa shape index (κ1) is 25.4. The van der Waals surface area contributed by atoms with E-state index in [0.717, 1.165) is 84.3 Å². The van der Waals surface area contributed by atoms with E-state index in [9.17, 15) is 14.7 Å². The third kappa shape index (κ3) is 4.73. The number of benzene rings is 3. The Morgan fingerprint density at radius 1 is 1.03 bits per heavy atom. The predicted octanol–water partition coefficient (Wildman–Crippen LogP) is 6.95. The lowest BCUT2D eigenvalue weighted by Gasteiger charge is -2.21. The number of amides is 1. The summed E-state index contributed by atoms with van der Waals surface area (Å²) in [7, 11) is 0. The van der Waals surface area contributed by atoms with Crippen molar-refractivity contribution in [1.82, 2.24) is 9.55 Å². The van der Waals surface area contributed by atoms with Crippen LogP contribution in [0.2, 0.25) is 0 Å². The summed E-state index contributed by atoms with van der Waals surface area (Å²) in [4.78, 5) is 32.8. The van der Waals surface area contributed by atoms with Crippen molar-refractivity contribution in [2.75, 3.05) is 11.4 Å². The maximum atomic E-state index is 13.2. The smallest absolute Gasteiger partial charge is 0.336 e. The minimum absolute atomic E-state index is 0.165. The fraction of sp³-hybridized carbons (Fsp3) is 0.364. The first-order chi connectivity index (χ1) is 19.0.